The summed E-state index contributed by atoms with van der Waals surface area (Å²) in [5.41, 5.74) is 1.43. The average Bonchev–Trinajstić information content (AvgIpc) is 3.44. The van der Waals surface area contributed by atoms with Crippen LogP contribution in [-0.4, -0.2) is 28.5 Å². The Kier molecular flexibility index (Phi) is 4.38. The third-order valence-electron chi connectivity index (χ3n) is 5.79. The second kappa shape index (κ2) is 6.95. The first-order chi connectivity index (χ1) is 14.0. The first-order valence-electron chi connectivity index (χ1n) is 9.92. The van der Waals surface area contributed by atoms with E-state index in [0.717, 1.165) is 44.6 Å². The number of amides is 1. The summed E-state index contributed by atoms with van der Waals surface area (Å²) in [4.78, 5) is 33.6. The number of benzene rings is 1. The Labute approximate surface area is 171 Å². The van der Waals surface area contributed by atoms with E-state index in [2.05, 4.69) is 15.2 Å². The summed E-state index contributed by atoms with van der Waals surface area (Å²) in [6.07, 6.45) is 3.80. The lowest BCUT2D eigenvalue weighted by Crippen LogP contribution is -2.22. The first-order valence-corrected chi connectivity index (χ1v) is 10.7. The number of carbonyl (C=O) groups is 1. The van der Waals surface area contributed by atoms with Gasteiger partial charge in [0.2, 0.25) is 0 Å². The van der Waals surface area contributed by atoms with Crippen molar-refractivity contribution in [3.63, 3.8) is 0 Å². The summed E-state index contributed by atoms with van der Waals surface area (Å²) in [6, 6.07) is 4.85. The minimum atomic E-state index is -0.460. The van der Waals surface area contributed by atoms with Crippen molar-refractivity contribution in [2.75, 3.05) is 23.3 Å². The molecule has 1 saturated heterocycles. The van der Waals surface area contributed by atoms with Crippen molar-refractivity contribution in [3.05, 3.63) is 50.6 Å². The van der Waals surface area contributed by atoms with Gasteiger partial charge in [0, 0.05) is 26.1 Å². The standard InChI is InChI=1S/C21H21FN4O2S/c1-12-16-20(23-15-8-5-11-26(15)21(16)28)29-18(12)19(27)24-17-13(22)6-4-7-14(17)25-9-2-3-10-25/h4,6-7H,2-3,5,8-11H2,1H3,(H,24,27). The lowest BCUT2D eigenvalue weighted by molar-refractivity contribution is 0.102. The summed E-state index contributed by atoms with van der Waals surface area (Å²) in [5.74, 6) is -0.0829. The molecule has 150 valence electrons. The molecule has 0 spiro atoms. The van der Waals surface area contributed by atoms with Crippen molar-refractivity contribution in [3.8, 4) is 0 Å². The molecular formula is C21H21FN4O2S. The second-order valence-electron chi connectivity index (χ2n) is 7.61. The highest BCUT2D eigenvalue weighted by molar-refractivity contribution is 7.20. The molecular weight excluding hydrogens is 391 g/mol. The smallest absolute Gasteiger partial charge is 0.266 e. The Balaban J connectivity index is 1.54. The molecule has 1 fully saturated rings. The molecule has 0 unspecified atom stereocenters. The predicted molar refractivity (Wildman–Crippen MR) is 113 cm³/mol. The van der Waals surface area contributed by atoms with Crippen LogP contribution in [0.3, 0.4) is 0 Å². The molecule has 0 bridgehead atoms. The van der Waals surface area contributed by atoms with Gasteiger partial charge in [-0.3, -0.25) is 14.2 Å². The van der Waals surface area contributed by atoms with Gasteiger partial charge in [-0.2, -0.15) is 0 Å². The first kappa shape index (κ1) is 18.3. The molecule has 2 aromatic heterocycles. The largest absolute Gasteiger partial charge is 0.370 e. The van der Waals surface area contributed by atoms with Gasteiger partial charge in [-0.05, 0) is 43.9 Å². The van der Waals surface area contributed by atoms with Crippen molar-refractivity contribution in [1.82, 2.24) is 9.55 Å². The number of nitrogens with one attached hydrogen (secondary N) is 1. The van der Waals surface area contributed by atoms with E-state index in [0.29, 0.717) is 32.9 Å². The van der Waals surface area contributed by atoms with Gasteiger partial charge in [0.15, 0.2) is 0 Å². The fourth-order valence-electron chi connectivity index (χ4n) is 4.32. The normalized spacial score (nSPS) is 15.9. The SMILES string of the molecule is Cc1c(C(=O)Nc2c(F)cccc2N2CCCC2)sc2nc3n(c(=O)c12)CCC3. The van der Waals surface area contributed by atoms with Gasteiger partial charge in [0.25, 0.3) is 11.5 Å². The molecule has 0 atom stereocenters. The highest BCUT2D eigenvalue weighted by atomic mass is 32.1. The van der Waals surface area contributed by atoms with Crippen LogP contribution in [0.2, 0.25) is 0 Å². The molecule has 1 N–H and O–H groups in total. The Morgan fingerprint density at radius 3 is 2.79 bits per heavy atom. The average molecular weight is 412 g/mol. The van der Waals surface area contributed by atoms with E-state index >= 15 is 0 Å². The van der Waals surface area contributed by atoms with E-state index in [9.17, 15) is 14.0 Å². The fraction of sp³-hybridized carbons (Fsp3) is 0.381. The number of hydrogen-bond donors (Lipinski definition) is 1. The molecule has 3 aromatic rings. The number of aromatic nitrogens is 2. The molecule has 0 aliphatic carbocycles. The number of aryl methyl sites for hydroxylation is 2. The highest BCUT2D eigenvalue weighted by Crippen LogP contribution is 2.34. The Bertz CT molecular complexity index is 1190. The topological polar surface area (TPSA) is 67.2 Å². The zero-order valence-electron chi connectivity index (χ0n) is 16.1. The minimum Gasteiger partial charge on any atom is -0.370 e. The zero-order chi connectivity index (χ0) is 20.1. The number of hydrogen-bond acceptors (Lipinski definition) is 5. The number of halogens is 1. The maximum Gasteiger partial charge on any atom is 0.266 e. The molecule has 5 rings (SSSR count). The Morgan fingerprint density at radius 1 is 1.21 bits per heavy atom. The third-order valence-corrected chi connectivity index (χ3v) is 6.98. The third kappa shape index (κ3) is 2.93. The predicted octanol–water partition coefficient (Wildman–Crippen LogP) is 3.70. The van der Waals surface area contributed by atoms with Crippen LogP contribution in [0, 0.1) is 12.7 Å². The van der Waals surface area contributed by atoms with Crippen LogP contribution < -0.4 is 15.8 Å². The zero-order valence-corrected chi connectivity index (χ0v) is 16.9. The number of thiophene rings is 1. The number of anilines is 2. The molecule has 6 nitrogen and oxygen atoms in total. The van der Waals surface area contributed by atoms with Crippen molar-refractivity contribution in [2.45, 2.75) is 39.2 Å². The van der Waals surface area contributed by atoms with E-state index in [4.69, 9.17) is 0 Å². The van der Waals surface area contributed by atoms with E-state index in [-0.39, 0.29) is 11.2 Å². The van der Waals surface area contributed by atoms with Crippen molar-refractivity contribution < 1.29 is 9.18 Å². The molecule has 29 heavy (non-hydrogen) atoms. The van der Waals surface area contributed by atoms with Crippen LogP contribution in [0.1, 0.15) is 40.3 Å². The van der Waals surface area contributed by atoms with Gasteiger partial charge >= 0.3 is 0 Å². The van der Waals surface area contributed by atoms with Gasteiger partial charge < -0.3 is 10.2 Å². The van der Waals surface area contributed by atoms with Crippen molar-refractivity contribution >= 4 is 38.8 Å². The number of nitrogens with zero attached hydrogens (tertiary/aromatic N) is 3. The second-order valence-corrected chi connectivity index (χ2v) is 8.61. The summed E-state index contributed by atoms with van der Waals surface area (Å²) in [7, 11) is 0. The van der Waals surface area contributed by atoms with Crippen LogP contribution in [0.15, 0.2) is 23.0 Å². The molecule has 8 heteroatoms. The quantitative estimate of drug-likeness (QED) is 0.712. The van der Waals surface area contributed by atoms with Crippen LogP contribution in [0.4, 0.5) is 15.8 Å². The van der Waals surface area contributed by atoms with Crippen LogP contribution in [0.25, 0.3) is 10.2 Å². The lowest BCUT2D eigenvalue weighted by atomic mass is 10.2. The Morgan fingerprint density at radius 2 is 2.00 bits per heavy atom. The number of para-hydroxylation sites is 1. The van der Waals surface area contributed by atoms with Crippen molar-refractivity contribution in [2.24, 2.45) is 0 Å². The molecule has 1 amide bonds. The summed E-state index contributed by atoms with van der Waals surface area (Å²) < 4.78 is 16.3. The van der Waals surface area contributed by atoms with Crippen LogP contribution in [-0.2, 0) is 13.0 Å². The van der Waals surface area contributed by atoms with Gasteiger partial charge in [-0.15, -0.1) is 11.3 Å². The summed E-state index contributed by atoms with van der Waals surface area (Å²) >= 11 is 1.20. The van der Waals surface area contributed by atoms with Crippen molar-refractivity contribution in [1.29, 1.82) is 0 Å². The minimum absolute atomic E-state index is 0.0843. The van der Waals surface area contributed by atoms with E-state index < -0.39 is 11.7 Å². The monoisotopic (exact) mass is 412 g/mol. The molecule has 0 saturated carbocycles. The van der Waals surface area contributed by atoms with E-state index in [1.807, 2.05) is 6.07 Å². The van der Waals surface area contributed by atoms with Crippen LogP contribution in [0.5, 0.6) is 0 Å². The molecule has 2 aliphatic heterocycles. The number of fused-ring (bicyclic) bond motifs is 2. The summed E-state index contributed by atoms with van der Waals surface area (Å²) in [5, 5.41) is 3.27. The fourth-order valence-corrected chi connectivity index (χ4v) is 5.41. The highest BCUT2D eigenvalue weighted by Gasteiger charge is 2.25. The lowest BCUT2D eigenvalue weighted by Gasteiger charge is -2.21. The Hall–Kier alpha value is -2.74. The maximum absolute atomic E-state index is 14.6. The molecule has 0 radical (unpaired) electrons. The maximum atomic E-state index is 14.6. The van der Waals surface area contributed by atoms with Gasteiger partial charge in [-0.1, -0.05) is 6.07 Å². The number of carbonyl (C=O) groups excluding carboxylic acids is 1. The van der Waals surface area contributed by atoms with Gasteiger partial charge in [0.1, 0.15) is 22.2 Å². The van der Waals surface area contributed by atoms with Gasteiger partial charge in [0.05, 0.1) is 16.0 Å². The number of rotatable bonds is 3. The molecule has 1 aromatic carbocycles. The molecule has 4 heterocycles. The van der Waals surface area contributed by atoms with E-state index in [1.54, 1.807) is 17.6 Å². The van der Waals surface area contributed by atoms with Gasteiger partial charge in [-0.25, -0.2) is 9.37 Å². The van der Waals surface area contributed by atoms with Crippen LogP contribution >= 0.6 is 11.3 Å². The summed E-state index contributed by atoms with van der Waals surface area (Å²) in [6.45, 7) is 4.13. The molecule has 2 aliphatic rings. The van der Waals surface area contributed by atoms with E-state index in [1.165, 1.54) is 17.4 Å².